The largest absolute Gasteiger partial charge is 0.497 e. The molecule has 0 aliphatic heterocycles. The molecule has 0 fully saturated rings. The van der Waals surface area contributed by atoms with E-state index in [0.717, 1.165) is 17.1 Å². The Morgan fingerprint density at radius 1 is 1.03 bits per heavy atom. The first-order valence-corrected chi connectivity index (χ1v) is 9.31. The molecule has 6 nitrogen and oxygen atoms in total. The highest BCUT2D eigenvalue weighted by Gasteiger charge is 2.19. The van der Waals surface area contributed by atoms with E-state index in [1.165, 1.54) is 0 Å². The highest BCUT2D eigenvalue weighted by molar-refractivity contribution is 5.95. The lowest BCUT2D eigenvalue weighted by molar-refractivity contribution is 0.0938. The van der Waals surface area contributed by atoms with Gasteiger partial charge < -0.3 is 23.9 Å². The minimum absolute atomic E-state index is 0.208. The van der Waals surface area contributed by atoms with E-state index in [1.54, 1.807) is 27.2 Å². The summed E-state index contributed by atoms with van der Waals surface area (Å²) in [4.78, 5) is 12.7. The number of carbonyl (C=O) groups excluding carboxylic acids is 1. The Hall–Kier alpha value is -3.41. The molecule has 1 aromatic heterocycles. The van der Waals surface area contributed by atoms with Crippen molar-refractivity contribution in [1.82, 2.24) is 5.32 Å². The summed E-state index contributed by atoms with van der Waals surface area (Å²) in [7, 11) is 3.23. The van der Waals surface area contributed by atoms with Gasteiger partial charge in [0.1, 0.15) is 35.4 Å². The quantitative estimate of drug-likeness (QED) is 0.600. The molecule has 0 aliphatic rings. The van der Waals surface area contributed by atoms with Crippen molar-refractivity contribution in [2.45, 2.75) is 26.5 Å². The molecule has 1 amide bonds. The number of rotatable bonds is 8. The molecule has 0 spiro atoms. The summed E-state index contributed by atoms with van der Waals surface area (Å²) >= 11 is 0. The fourth-order valence-corrected chi connectivity index (χ4v) is 3.04. The second kappa shape index (κ2) is 9.19. The van der Waals surface area contributed by atoms with Gasteiger partial charge in [0.05, 0.1) is 25.8 Å². The molecule has 0 saturated carbocycles. The molecule has 1 atom stereocenters. The van der Waals surface area contributed by atoms with Crippen molar-refractivity contribution in [3.63, 3.8) is 0 Å². The van der Waals surface area contributed by atoms with Crippen LogP contribution in [0.2, 0.25) is 0 Å². The number of hydrogen-bond acceptors (Lipinski definition) is 5. The SMILES string of the molecule is COc1ccc(OCc2cc(C(=O)N[C@H](C)c3ccccc3OC)c(C)o2)cc1. The van der Waals surface area contributed by atoms with Gasteiger partial charge in [-0.15, -0.1) is 0 Å². The summed E-state index contributed by atoms with van der Waals surface area (Å²) in [6.07, 6.45) is 0. The van der Waals surface area contributed by atoms with E-state index in [0.29, 0.717) is 22.8 Å². The van der Waals surface area contributed by atoms with E-state index in [-0.39, 0.29) is 18.6 Å². The molecule has 152 valence electrons. The third kappa shape index (κ3) is 4.90. The predicted octanol–water partition coefficient (Wildman–Crippen LogP) is 4.68. The maximum Gasteiger partial charge on any atom is 0.255 e. The number of benzene rings is 2. The van der Waals surface area contributed by atoms with Gasteiger partial charge in [0.2, 0.25) is 0 Å². The van der Waals surface area contributed by atoms with E-state index < -0.39 is 0 Å². The van der Waals surface area contributed by atoms with E-state index in [1.807, 2.05) is 55.5 Å². The molecule has 0 saturated heterocycles. The van der Waals surface area contributed by atoms with Gasteiger partial charge in [-0.1, -0.05) is 18.2 Å². The van der Waals surface area contributed by atoms with Gasteiger partial charge in [0.25, 0.3) is 5.91 Å². The molecule has 29 heavy (non-hydrogen) atoms. The average Bonchev–Trinajstić information content (AvgIpc) is 3.13. The van der Waals surface area contributed by atoms with Crippen LogP contribution in [0.4, 0.5) is 0 Å². The highest BCUT2D eigenvalue weighted by Crippen LogP contribution is 2.25. The van der Waals surface area contributed by atoms with Crippen LogP contribution in [0.3, 0.4) is 0 Å². The number of para-hydroxylation sites is 1. The van der Waals surface area contributed by atoms with Crippen molar-refractivity contribution in [2.24, 2.45) is 0 Å². The molecule has 1 N–H and O–H groups in total. The molecule has 6 heteroatoms. The number of methoxy groups -OCH3 is 2. The highest BCUT2D eigenvalue weighted by atomic mass is 16.5. The van der Waals surface area contributed by atoms with Crippen LogP contribution in [-0.2, 0) is 6.61 Å². The monoisotopic (exact) mass is 395 g/mol. The van der Waals surface area contributed by atoms with Crippen LogP contribution in [0.15, 0.2) is 59.0 Å². The van der Waals surface area contributed by atoms with Crippen molar-refractivity contribution in [1.29, 1.82) is 0 Å². The number of aryl methyl sites for hydroxylation is 1. The fraction of sp³-hybridized carbons (Fsp3) is 0.261. The zero-order valence-electron chi connectivity index (χ0n) is 17.0. The van der Waals surface area contributed by atoms with Gasteiger partial charge in [-0.2, -0.15) is 0 Å². The number of furan rings is 1. The zero-order chi connectivity index (χ0) is 20.8. The molecule has 2 aromatic carbocycles. The summed E-state index contributed by atoms with van der Waals surface area (Å²) < 4.78 is 21.9. The molecule has 0 aliphatic carbocycles. The Morgan fingerprint density at radius 3 is 2.41 bits per heavy atom. The van der Waals surface area contributed by atoms with Crippen molar-refractivity contribution >= 4 is 5.91 Å². The minimum atomic E-state index is -0.216. The van der Waals surface area contributed by atoms with Crippen molar-refractivity contribution in [3.05, 3.63) is 77.2 Å². The summed E-state index contributed by atoms with van der Waals surface area (Å²) in [6, 6.07) is 16.4. The number of hydrogen-bond donors (Lipinski definition) is 1. The van der Waals surface area contributed by atoms with E-state index in [2.05, 4.69) is 5.32 Å². The van der Waals surface area contributed by atoms with Gasteiger partial charge >= 0.3 is 0 Å². The Kier molecular flexibility index (Phi) is 6.44. The summed E-state index contributed by atoms with van der Waals surface area (Å²) in [5.74, 6) is 3.10. The van der Waals surface area contributed by atoms with Crippen LogP contribution >= 0.6 is 0 Å². The second-order valence-electron chi connectivity index (χ2n) is 6.58. The van der Waals surface area contributed by atoms with Crippen LogP contribution in [0.1, 0.15) is 40.4 Å². The molecule has 0 bridgehead atoms. The lowest BCUT2D eigenvalue weighted by atomic mass is 10.1. The maximum atomic E-state index is 12.7. The smallest absolute Gasteiger partial charge is 0.255 e. The Labute approximate surface area is 170 Å². The van der Waals surface area contributed by atoms with E-state index in [9.17, 15) is 4.79 Å². The Morgan fingerprint density at radius 2 is 1.72 bits per heavy atom. The number of ether oxygens (including phenoxy) is 3. The van der Waals surface area contributed by atoms with Crippen molar-refractivity contribution in [2.75, 3.05) is 14.2 Å². The van der Waals surface area contributed by atoms with Crippen LogP contribution in [0.25, 0.3) is 0 Å². The zero-order valence-corrected chi connectivity index (χ0v) is 17.0. The minimum Gasteiger partial charge on any atom is -0.497 e. The third-order valence-electron chi connectivity index (χ3n) is 4.61. The van der Waals surface area contributed by atoms with Gasteiger partial charge in [0, 0.05) is 5.56 Å². The first-order chi connectivity index (χ1) is 14.0. The second-order valence-corrected chi connectivity index (χ2v) is 6.58. The molecular weight excluding hydrogens is 370 g/mol. The summed E-state index contributed by atoms with van der Waals surface area (Å²) in [6.45, 7) is 3.90. The van der Waals surface area contributed by atoms with Crippen LogP contribution < -0.4 is 19.5 Å². The van der Waals surface area contributed by atoms with Crippen LogP contribution in [-0.4, -0.2) is 20.1 Å². The fourth-order valence-electron chi connectivity index (χ4n) is 3.04. The molecule has 1 heterocycles. The van der Waals surface area contributed by atoms with Crippen molar-refractivity contribution in [3.8, 4) is 17.2 Å². The van der Waals surface area contributed by atoms with Crippen LogP contribution in [0, 0.1) is 6.92 Å². The molecule has 0 unspecified atom stereocenters. The van der Waals surface area contributed by atoms with Gasteiger partial charge in [-0.05, 0) is 50.2 Å². The molecular formula is C23H25NO5. The number of amides is 1. The lowest BCUT2D eigenvalue weighted by Gasteiger charge is -2.17. The maximum absolute atomic E-state index is 12.7. The number of carbonyl (C=O) groups is 1. The van der Waals surface area contributed by atoms with Gasteiger partial charge in [-0.3, -0.25) is 4.79 Å². The lowest BCUT2D eigenvalue weighted by Crippen LogP contribution is -2.27. The van der Waals surface area contributed by atoms with Gasteiger partial charge in [0.15, 0.2) is 0 Å². The average molecular weight is 395 g/mol. The van der Waals surface area contributed by atoms with Gasteiger partial charge in [-0.25, -0.2) is 0 Å². The third-order valence-corrected chi connectivity index (χ3v) is 4.61. The first kappa shape index (κ1) is 20.3. The molecule has 3 rings (SSSR count). The van der Waals surface area contributed by atoms with E-state index in [4.69, 9.17) is 18.6 Å². The molecule has 3 aromatic rings. The summed E-state index contributed by atoms with van der Waals surface area (Å²) in [5.41, 5.74) is 1.40. The normalized spacial score (nSPS) is 11.6. The molecule has 0 radical (unpaired) electrons. The van der Waals surface area contributed by atoms with Crippen molar-refractivity contribution < 1.29 is 23.4 Å². The standard InChI is InChI=1S/C23H25NO5/c1-15(20-7-5-6-8-22(20)27-4)24-23(25)21-13-19(29-16(21)2)14-28-18-11-9-17(26-3)10-12-18/h5-13,15H,14H2,1-4H3,(H,24,25)/t15-/m1/s1. The summed E-state index contributed by atoms with van der Waals surface area (Å²) in [5, 5.41) is 2.99. The predicted molar refractivity (Wildman–Crippen MR) is 110 cm³/mol. The number of nitrogens with one attached hydrogen (secondary N) is 1. The van der Waals surface area contributed by atoms with E-state index >= 15 is 0 Å². The topological polar surface area (TPSA) is 69.9 Å². The Balaban J connectivity index is 1.64. The Bertz CT molecular complexity index is 962. The first-order valence-electron chi connectivity index (χ1n) is 9.31. The van der Waals surface area contributed by atoms with Crippen LogP contribution in [0.5, 0.6) is 17.2 Å².